The maximum absolute atomic E-state index is 15.1. The molecule has 0 saturated heterocycles. The van der Waals surface area contributed by atoms with E-state index < -0.39 is 17.5 Å². The molecule has 4 rings (SSSR count). The Morgan fingerprint density at radius 1 is 0.600 bits per heavy atom. The summed E-state index contributed by atoms with van der Waals surface area (Å²) in [5.74, 6) is -2.32. The first-order chi connectivity index (χ1) is 14.5. The molecular weight excluding hydrogens is 388 g/mol. The molecule has 0 aromatic heterocycles. The summed E-state index contributed by atoms with van der Waals surface area (Å²) in [5, 5.41) is 1.75. The van der Waals surface area contributed by atoms with Gasteiger partial charge in [-0.15, -0.1) is 0 Å². The third kappa shape index (κ3) is 3.91. The van der Waals surface area contributed by atoms with E-state index in [1.165, 1.54) is 18.2 Å². The Balaban J connectivity index is 1.79. The minimum atomic E-state index is -0.697. The first kappa shape index (κ1) is 20.4. The van der Waals surface area contributed by atoms with Gasteiger partial charge in [-0.3, -0.25) is 0 Å². The van der Waals surface area contributed by atoms with Gasteiger partial charge in [-0.05, 0) is 64.6 Å². The maximum atomic E-state index is 15.1. The van der Waals surface area contributed by atoms with Crippen molar-refractivity contribution in [2.75, 3.05) is 0 Å². The van der Waals surface area contributed by atoms with E-state index in [-0.39, 0.29) is 11.2 Å². The molecule has 0 fully saturated rings. The zero-order valence-corrected chi connectivity index (χ0v) is 16.7. The van der Waals surface area contributed by atoms with Crippen molar-refractivity contribution in [1.29, 1.82) is 0 Å². The van der Waals surface area contributed by atoms with Gasteiger partial charge >= 0.3 is 0 Å². The number of hydrogen-bond donors (Lipinski definition) is 0. The van der Waals surface area contributed by atoms with Crippen LogP contribution in [0.3, 0.4) is 0 Å². The van der Waals surface area contributed by atoms with E-state index >= 15 is 4.39 Å². The molecule has 0 atom stereocenters. The lowest BCUT2D eigenvalue weighted by Crippen LogP contribution is -1.95. The van der Waals surface area contributed by atoms with E-state index in [0.29, 0.717) is 39.3 Å². The van der Waals surface area contributed by atoms with Gasteiger partial charge < -0.3 is 0 Å². The lowest BCUT2D eigenvalue weighted by atomic mass is 9.94. The van der Waals surface area contributed by atoms with Crippen molar-refractivity contribution in [2.24, 2.45) is 0 Å². The van der Waals surface area contributed by atoms with Crippen molar-refractivity contribution < 1.29 is 17.6 Å². The molecule has 0 nitrogen and oxygen atoms in total. The molecule has 0 aliphatic rings. The van der Waals surface area contributed by atoms with Crippen LogP contribution in [0.2, 0.25) is 0 Å². The molecule has 154 valence electrons. The van der Waals surface area contributed by atoms with Gasteiger partial charge in [0.2, 0.25) is 0 Å². The zero-order valence-electron chi connectivity index (χ0n) is 16.7. The smallest absolute Gasteiger partial charge is 0.134 e. The van der Waals surface area contributed by atoms with Crippen molar-refractivity contribution in [2.45, 2.75) is 39.0 Å². The number of benzene rings is 4. The van der Waals surface area contributed by atoms with E-state index in [9.17, 15) is 13.2 Å². The van der Waals surface area contributed by atoms with Crippen LogP contribution >= 0.6 is 0 Å². The van der Waals surface area contributed by atoms with Gasteiger partial charge in [-0.2, -0.15) is 0 Å². The maximum Gasteiger partial charge on any atom is 0.134 e. The van der Waals surface area contributed by atoms with E-state index in [1.54, 1.807) is 24.3 Å². The Kier molecular flexibility index (Phi) is 5.76. The molecule has 0 aliphatic carbocycles. The van der Waals surface area contributed by atoms with E-state index in [1.807, 2.05) is 6.07 Å². The number of unbranched alkanes of at least 4 members (excludes halogenated alkanes) is 3. The van der Waals surface area contributed by atoms with Crippen LogP contribution in [0, 0.1) is 23.3 Å². The van der Waals surface area contributed by atoms with Crippen molar-refractivity contribution in [3.8, 4) is 11.1 Å². The number of aryl methyl sites for hydroxylation is 1. The van der Waals surface area contributed by atoms with E-state index in [2.05, 4.69) is 6.92 Å². The highest BCUT2D eigenvalue weighted by atomic mass is 19.1. The van der Waals surface area contributed by atoms with Crippen molar-refractivity contribution in [1.82, 2.24) is 0 Å². The van der Waals surface area contributed by atoms with Crippen LogP contribution < -0.4 is 0 Å². The highest BCUT2D eigenvalue weighted by Crippen LogP contribution is 2.34. The van der Waals surface area contributed by atoms with Crippen molar-refractivity contribution in [3.63, 3.8) is 0 Å². The molecule has 4 heteroatoms. The average Bonchev–Trinajstić information content (AvgIpc) is 2.72. The number of halogens is 4. The third-order valence-corrected chi connectivity index (χ3v) is 5.59. The second-order valence-corrected chi connectivity index (χ2v) is 7.72. The Labute approximate surface area is 173 Å². The molecule has 0 bridgehead atoms. The molecule has 4 aromatic rings. The zero-order chi connectivity index (χ0) is 21.3. The minimum absolute atomic E-state index is 0.262. The number of fused-ring (bicyclic) bond motifs is 3. The molecule has 0 heterocycles. The largest absolute Gasteiger partial charge is 0.207 e. The predicted molar refractivity (Wildman–Crippen MR) is 115 cm³/mol. The van der Waals surface area contributed by atoms with Crippen LogP contribution in [0.1, 0.15) is 38.2 Å². The standard InChI is InChI=1S/C26H22F4/c1-2-3-4-5-6-16-7-9-22-21-10-8-17(18-11-19(27)14-20(28)12-18)13-23(21)25(29)15-24(22)26(16)30/h7-15H,2-6H2,1H3. The van der Waals surface area contributed by atoms with Gasteiger partial charge in [0.1, 0.15) is 23.3 Å². The summed E-state index contributed by atoms with van der Waals surface area (Å²) in [6, 6.07) is 12.9. The van der Waals surface area contributed by atoms with E-state index in [0.717, 1.165) is 31.7 Å². The van der Waals surface area contributed by atoms with Gasteiger partial charge in [0, 0.05) is 16.8 Å². The molecule has 0 amide bonds. The summed E-state index contributed by atoms with van der Waals surface area (Å²) in [6.07, 6.45) is 4.81. The fourth-order valence-corrected chi connectivity index (χ4v) is 4.03. The number of rotatable bonds is 6. The molecule has 30 heavy (non-hydrogen) atoms. The summed E-state index contributed by atoms with van der Waals surface area (Å²) in [5.41, 5.74) is 1.42. The Morgan fingerprint density at radius 2 is 1.30 bits per heavy atom. The highest BCUT2D eigenvalue weighted by molar-refractivity contribution is 6.09. The predicted octanol–water partition coefficient (Wildman–Crippen LogP) is 8.34. The molecule has 0 aliphatic heterocycles. The second-order valence-electron chi connectivity index (χ2n) is 7.72. The van der Waals surface area contributed by atoms with Crippen LogP contribution in [0.5, 0.6) is 0 Å². The minimum Gasteiger partial charge on any atom is -0.207 e. The summed E-state index contributed by atoms with van der Waals surface area (Å²) in [4.78, 5) is 0. The molecule has 0 radical (unpaired) electrons. The van der Waals surface area contributed by atoms with Gasteiger partial charge in [-0.25, -0.2) is 17.6 Å². The lowest BCUT2D eigenvalue weighted by molar-refractivity contribution is 0.584. The normalized spacial score (nSPS) is 11.5. The quantitative estimate of drug-likeness (QED) is 0.170. The van der Waals surface area contributed by atoms with Crippen molar-refractivity contribution >= 4 is 21.5 Å². The SMILES string of the molecule is CCCCCCc1ccc2c(cc(F)c3cc(-c4cc(F)cc(F)c4)ccc32)c1F. The monoisotopic (exact) mass is 410 g/mol. The molecule has 0 spiro atoms. The number of hydrogen-bond acceptors (Lipinski definition) is 0. The second kappa shape index (κ2) is 8.47. The third-order valence-electron chi connectivity index (χ3n) is 5.59. The van der Waals surface area contributed by atoms with Crippen LogP contribution in [-0.4, -0.2) is 0 Å². The van der Waals surface area contributed by atoms with Crippen LogP contribution in [0.15, 0.2) is 54.6 Å². The highest BCUT2D eigenvalue weighted by Gasteiger charge is 2.14. The van der Waals surface area contributed by atoms with Gasteiger partial charge in [-0.1, -0.05) is 50.5 Å². The Hall–Kier alpha value is -2.88. The summed E-state index contributed by atoms with van der Waals surface area (Å²) >= 11 is 0. The van der Waals surface area contributed by atoms with Gasteiger partial charge in [0.15, 0.2) is 0 Å². The molecule has 0 unspecified atom stereocenters. The first-order valence-corrected chi connectivity index (χ1v) is 10.3. The molecule has 0 N–H and O–H groups in total. The summed E-state index contributed by atoms with van der Waals surface area (Å²) in [7, 11) is 0. The summed E-state index contributed by atoms with van der Waals surface area (Å²) < 4.78 is 57.1. The fraction of sp³-hybridized carbons (Fsp3) is 0.231. The fourth-order valence-electron chi connectivity index (χ4n) is 4.03. The van der Waals surface area contributed by atoms with Gasteiger partial charge in [0.05, 0.1) is 0 Å². The first-order valence-electron chi connectivity index (χ1n) is 10.3. The Morgan fingerprint density at radius 3 is 2.03 bits per heavy atom. The lowest BCUT2D eigenvalue weighted by Gasteiger charge is -2.12. The van der Waals surface area contributed by atoms with Crippen molar-refractivity contribution in [3.05, 3.63) is 83.4 Å². The Bertz CT molecular complexity index is 1210. The van der Waals surface area contributed by atoms with Crippen LogP contribution in [0.4, 0.5) is 17.6 Å². The van der Waals surface area contributed by atoms with Crippen LogP contribution in [-0.2, 0) is 6.42 Å². The van der Waals surface area contributed by atoms with Crippen LogP contribution in [0.25, 0.3) is 32.7 Å². The average molecular weight is 410 g/mol. The topological polar surface area (TPSA) is 0 Å². The molecule has 0 saturated carbocycles. The molecule has 4 aromatic carbocycles. The van der Waals surface area contributed by atoms with E-state index in [4.69, 9.17) is 0 Å². The molecular formula is C26H22F4. The van der Waals surface area contributed by atoms with Gasteiger partial charge in [0.25, 0.3) is 0 Å². The summed E-state index contributed by atoms with van der Waals surface area (Å²) in [6.45, 7) is 2.13.